The summed E-state index contributed by atoms with van der Waals surface area (Å²) in [5.74, 6) is 1.22. The molecule has 3 heterocycles. The molecule has 2 aliphatic heterocycles. The molecule has 0 aliphatic carbocycles. The molecule has 2 fully saturated rings. The van der Waals surface area contributed by atoms with Gasteiger partial charge in [-0.2, -0.15) is 5.10 Å². The first-order valence-electron chi connectivity index (χ1n) is 8.79. The van der Waals surface area contributed by atoms with Crippen LogP contribution in [0.4, 0.5) is 0 Å². The number of nitrogens with one attached hydrogen (secondary N) is 2. The summed E-state index contributed by atoms with van der Waals surface area (Å²) in [5, 5.41) is 10.8. The average Bonchev–Trinajstić information content (AvgIpc) is 3.17. The van der Waals surface area contributed by atoms with Gasteiger partial charge >= 0.3 is 0 Å². The molecule has 23 heavy (non-hydrogen) atoms. The lowest BCUT2D eigenvalue weighted by Crippen LogP contribution is -2.36. The van der Waals surface area contributed by atoms with Crippen molar-refractivity contribution < 1.29 is 4.79 Å². The summed E-state index contributed by atoms with van der Waals surface area (Å²) < 4.78 is 1.81. The van der Waals surface area contributed by atoms with Crippen molar-refractivity contribution in [1.29, 1.82) is 0 Å². The second-order valence-corrected chi connectivity index (χ2v) is 7.14. The van der Waals surface area contributed by atoms with Crippen molar-refractivity contribution in [3.05, 3.63) is 18.0 Å². The fourth-order valence-electron chi connectivity index (χ4n) is 3.82. The van der Waals surface area contributed by atoms with Crippen molar-refractivity contribution in [2.24, 2.45) is 18.9 Å². The fourth-order valence-corrected chi connectivity index (χ4v) is 3.82. The van der Waals surface area contributed by atoms with E-state index in [1.807, 2.05) is 24.1 Å². The minimum Gasteiger partial charge on any atom is -0.356 e. The van der Waals surface area contributed by atoms with Crippen LogP contribution in [0, 0.1) is 11.8 Å². The van der Waals surface area contributed by atoms with Crippen LogP contribution in [0.25, 0.3) is 0 Å². The number of rotatable bonds is 5. The predicted octanol–water partition coefficient (Wildman–Crippen LogP) is 0.571. The van der Waals surface area contributed by atoms with E-state index in [9.17, 15) is 4.79 Å². The van der Waals surface area contributed by atoms with E-state index in [-0.39, 0.29) is 17.7 Å². The molecule has 0 unspecified atom stereocenters. The first-order chi connectivity index (χ1) is 11.1. The molecule has 6 heteroatoms. The highest BCUT2D eigenvalue weighted by Gasteiger charge is 2.34. The lowest BCUT2D eigenvalue weighted by Gasteiger charge is -2.29. The quantitative estimate of drug-likeness (QED) is 0.833. The molecule has 1 aromatic rings. The average molecular weight is 319 g/mol. The van der Waals surface area contributed by atoms with E-state index < -0.39 is 0 Å². The lowest BCUT2D eigenvalue weighted by atomic mass is 9.90. The van der Waals surface area contributed by atoms with Crippen LogP contribution in [0.3, 0.4) is 0 Å². The number of aromatic nitrogens is 2. The molecular weight excluding hydrogens is 290 g/mol. The van der Waals surface area contributed by atoms with Gasteiger partial charge in [0, 0.05) is 38.8 Å². The second-order valence-electron chi connectivity index (χ2n) is 7.14. The fraction of sp³-hybridized carbons (Fsp3) is 0.765. The van der Waals surface area contributed by atoms with Crippen LogP contribution in [-0.2, 0) is 11.8 Å². The van der Waals surface area contributed by atoms with Crippen LogP contribution in [-0.4, -0.2) is 60.4 Å². The van der Waals surface area contributed by atoms with Crippen LogP contribution in [0.5, 0.6) is 0 Å². The van der Waals surface area contributed by atoms with Gasteiger partial charge in [-0.25, -0.2) is 0 Å². The van der Waals surface area contributed by atoms with Gasteiger partial charge in [-0.05, 0) is 50.9 Å². The Hall–Kier alpha value is -1.40. The maximum Gasteiger partial charge on any atom is 0.225 e. The van der Waals surface area contributed by atoms with E-state index in [4.69, 9.17) is 0 Å². The summed E-state index contributed by atoms with van der Waals surface area (Å²) in [6.07, 6.45) is 7.54. The second kappa shape index (κ2) is 7.45. The third-order valence-corrected chi connectivity index (χ3v) is 5.39. The molecule has 1 aromatic heterocycles. The van der Waals surface area contributed by atoms with Gasteiger partial charge in [0.1, 0.15) is 0 Å². The molecule has 0 aromatic carbocycles. The van der Waals surface area contributed by atoms with E-state index in [2.05, 4.69) is 27.7 Å². The normalized spacial score (nSPS) is 26.5. The van der Waals surface area contributed by atoms with Crippen LogP contribution in [0.15, 0.2) is 12.4 Å². The van der Waals surface area contributed by atoms with Crippen molar-refractivity contribution in [3.63, 3.8) is 0 Å². The molecule has 0 saturated carbocycles. The van der Waals surface area contributed by atoms with Crippen molar-refractivity contribution in [3.8, 4) is 0 Å². The minimum atomic E-state index is 0.0247. The highest BCUT2D eigenvalue weighted by atomic mass is 16.1. The topological polar surface area (TPSA) is 62.2 Å². The Bertz CT molecular complexity index is 521. The van der Waals surface area contributed by atoms with Crippen LogP contribution >= 0.6 is 0 Å². The molecule has 2 atom stereocenters. The Morgan fingerprint density at radius 1 is 1.35 bits per heavy atom. The first kappa shape index (κ1) is 16.5. The van der Waals surface area contributed by atoms with Crippen molar-refractivity contribution >= 4 is 5.91 Å². The summed E-state index contributed by atoms with van der Waals surface area (Å²) >= 11 is 0. The number of likely N-dealkylation sites (tertiary alicyclic amines) is 1. The van der Waals surface area contributed by atoms with Gasteiger partial charge in [0.25, 0.3) is 0 Å². The third kappa shape index (κ3) is 4.12. The predicted molar refractivity (Wildman–Crippen MR) is 90.2 cm³/mol. The summed E-state index contributed by atoms with van der Waals surface area (Å²) in [4.78, 5) is 14.9. The largest absolute Gasteiger partial charge is 0.356 e. The molecule has 2 saturated heterocycles. The Balaban J connectivity index is 1.46. The number of nitrogens with zero attached hydrogens (tertiary/aromatic N) is 3. The molecule has 0 radical (unpaired) electrons. The zero-order valence-corrected chi connectivity index (χ0v) is 14.3. The smallest absolute Gasteiger partial charge is 0.225 e. The third-order valence-electron chi connectivity index (χ3n) is 5.39. The first-order valence-corrected chi connectivity index (χ1v) is 8.79. The Labute approximate surface area is 138 Å². The number of aryl methyl sites for hydroxylation is 1. The van der Waals surface area contributed by atoms with Crippen LogP contribution in [0.2, 0.25) is 0 Å². The molecular formula is C17H29N5O. The summed E-state index contributed by atoms with van der Waals surface area (Å²) in [6, 6.07) is 0. The molecule has 2 N–H and O–H groups in total. The highest BCUT2D eigenvalue weighted by molar-refractivity contribution is 5.80. The summed E-state index contributed by atoms with van der Waals surface area (Å²) in [7, 11) is 4.10. The SMILES string of the molecule is CN1CCC(CCNC(=O)[C@H]2CNC[C@@H]2c2cnn(C)c2)CC1. The zero-order chi connectivity index (χ0) is 16.2. The Morgan fingerprint density at radius 3 is 2.83 bits per heavy atom. The van der Waals surface area contributed by atoms with Crippen molar-refractivity contribution in [2.75, 3.05) is 39.8 Å². The van der Waals surface area contributed by atoms with Crippen LogP contribution in [0.1, 0.15) is 30.7 Å². The van der Waals surface area contributed by atoms with Gasteiger partial charge in [-0.1, -0.05) is 0 Å². The number of hydrogen-bond donors (Lipinski definition) is 2. The Morgan fingerprint density at radius 2 is 2.13 bits per heavy atom. The molecule has 6 nitrogen and oxygen atoms in total. The lowest BCUT2D eigenvalue weighted by molar-refractivity contribution is -0.124. The van der Waals surface area contributed by atoms with Gasteiger partial charge in [0.15, 0.2) is 0 Å². The van der Waals surface area contributed by atoms with Crippen LogP contribution < -0.4 is 10.6 Å². The van der Waals surface area contributed by atoms with Crippen molar-refractivity contribution in [2.45, 2.75) is 25.2 Å². The highest BCUT2D eigenvalue weighted by Crippen LogP contribution is 2.28. The van der Waals surface area contributed by atoms with Crippen molar-refractivity contribution in [1.82, 2.24) is 25.3 Å². The van der Waals surface area contributed by atoms with E-state index in [0.717, 1.165) is 37.5 Å². The number of amides is 1. The number of piperidine rings is 1. The van der Waals surface area contributed by atoms with E-state index in [1.54, 1.807) is 0 Å². The van der Waals surface area contributed by atoms with E-state index >= 15 is 0 Å². The minimum absolute atomic E-state index is 0.0247. The molecule has 1 amide bonds. The van der Waals surface area contributed by atoms with Gasteiger partial charge in [0.05, 0.1) is 12.1 Å². The van der Waals surface area contributed by atoms with Gasteiger partial charge in [-0.3, -0.25) is 9.48 Å². The van der Waals surface area contributed by atoms with Gasteiger partial charge in [-0.15, -0.1) is 0 Å². The standard InChI is InChI=1S/C17H29N5O/c1-21-7-4-13(5-8-21)3-6-19-17(23)16-11-18-10-15(16)14-9-20-22(2)12-14/h9,12-13,15-16,18H,3-8,10-11H2,1-2H3,(H,19,23)/t15-,16+/m1/s1. The van der Waals surface area contributed by atoms with E-state index in [0.29, 0.717) is 0 Å². The molecule has 3 rings (SSSR count). The molecule has 0 spiro atoms. The summed E-state index contributed by atoms with van der Waals surface area (Å²) in [6.45, 7) is 4.81. The zero-order valence-electron chi connectivity index (χ0n) is 14.3. The van der Waals surface area contributed by atoms with Gasteiger partial charge < -0.3 is 15.5 Å². The van der Waals surface area contributed by atoms with E-state index in [1.165, 1.54) is 25.9 Å². The maximum absolute atomic E-state index is 12.5. The Kier molecular flexibility index (Phi) is 5.33. The summed E-state index contributed by atoms with van der Waals surface area (Å²) in [5.41, 5.74) is 1.16. The number of carbonyl (C=O) groups is 1. The number of carbonyl (C=O) groups excluding carboxylic acids is 1. The van der Waals surface area contributed by atoms with Gasteiger partial charge in [0.2, 0.25) is 5.91 Å². The molecule has 0 bridgehead atoms. The molecule has 128 valence electrons. The monoisotopic (exact) mass is 319 g/mol. The maximum atomic E-state index is 12.5. The number of hydrogen-bond acceptors (Lipinski definition) is 4. The molecule has 2 aliphatic rings.